The lowest BCUT2D eigenvalue weighted by molar-refractivity contribution is 0.202. The molecule has 0 N–H and O–H groups in total. The van der Waals surface area contributed by atoms with E-state index in [4.69, 9.17) is 4.74 Å². The summed E-state index contributed by atoms with van der Waals surface area (Å²) in [6.07, 6.45) is 0.782. The van der Waals surface area contributed by atoms with Gasteiger partial charge in [-0.15, -0.1) is 0 Å². The molecule has 2 rings (SSSR count). The molecule has 0 aliphatic carbocycles. The van der Waals surface area contributed by atoms with Crippen molar-refractivity contribution in [3.8, 4) is 0 Å². The molecule has 19 heavy (non-hydrogen) atoms. The second-order valence-electron chi connectivity index (χ2n) is 4.43. The molecule has 0 aliphatic heterocycles. The minimum Gasteiger partial charge on any atom is -0.384 e. The molecule has 0 fully saturated rings. The van der Waals surface area contributed by atoms with Gasteiger partial charge >= 0.3 is 0 Å². The van der Waals surface area contributed by atoms with Crippen LogP contribution < -0.4 is 0 Å². The molecule has 0 saturated carbocycles. The summed E-state index contributed by atoms with van der Waals surface area (Å²) in [5, 5.41) is 0. The van der Waals surface area contributed by atoms with E-state index in [1.54, 1.807) is 7.11 Å². The van der Waals surface area contributed by atoms with Crippen LogP contribution in [0.3, 0.4) is 0 Å². The maximum Gasteiger partial charge on any atom is 0.0852 e. The summed E-state index contributed by atoms with van der Waals surface area (Å²) >= 11 is 0. The van der Waals surface area contributed by atoms with Gasteiger partial charge in [-0.25, -0.2) is 4.21 Å². The molecule has 0 saturated heterocycles. The molecular formula is C16H18O2S. The van der Waals surface area contributed by atoms with Gasteiger partial charge < -0.3 is 4.74 Å². The fourth-order valence-electron chi connectivity index (χ4n) is 1.89. The molecular weight excluding hydrogens is 256 g/mol. The first-order valence-electron chi connectivity index (χ1n) is 6.27. The molecule has 0 heterocycles. The summed E-state index contributed by atoms with van der Waals surface area (Å²) < 4.78 is 17.7. The first kappa shape index (κ1) is 14.0. The third kappa shape index (κ3) is 3.52. The van der Waals surface area contributed by atoms with Gasteiger partial charge in [-0.2, -0.15) is 0 Å². The highest BCUT2D eigenvalue weighted by molar-refractivity contribution is 7.85. The Hall–Kier alpha value is -1.45. The lowest BCUT2D eigenvalue weighted by atomic mass is 10.2. The van der Waals surface area contributed by atoms with E-state index in [9.17, 15) is 4.21 Å². The minimum atomic E-state index is -1.13. The van der Waals surface area contributed by atoms with Gasteiger partial charge in [-0.3, -0.25) is 0 Å². The van der Waals surface area contributed by atoms with Gasteiger partial charge in [0.25, 0.3) is 0 Å². The van der Waals surface area contributed by atoms with Crippen molar-refractivity contribution in [2.75, 3.05) is 13.7 Å². The molecule has 0 bridgehead atoms. The summed E-state index contributed by atoms with van der Waals surface area (Å²) in [7, 11) is 0.554. The van der Waals surface area contributed by atoms with E-state index in [0.717, 1.165) is 21.8 Å². The van der Waals surface area contributed by atoms with Gasteiger partial charge in [-0.05, 0) is 37.1 Å². The minimum absolute atomic E-state index is 0.641. The van der Waals surface area contributed by atoms with E-state index in [0.29, 0.717) is 6.61 Å². The molecule has 2 nitrogen and oxygen atoms in total. The molecule has 100 valence electrons. The average Bonchev–Trinajstić information content (AvgIpc) is 2.45. The Labute approximate surface area is 116 Å². The first-order chi connectivity index (χ1) is 9.22. The Bertz CT molecular complexity index is 561. The van der Waals surface area contributed by atoms with Crippen molar-refractivity contribution in [2.24, 2.45) is 0 Å². The Morgan fingerprint density at radius 3 is 2.42 bits per heavy atom. The molecule has 0 amide bonds. The molecule has 1 atom stereocenters. The summed E-state index contributed by atoms with van der Waals surface area (Å²) in [5.41, 5.74) is 2.26. The molecule has 2 aromatic carbocycles. The predicted octanol–water partition coefficient (Wildman–Crippen LogP) is 3.35. The zero-order valence-corrected chi connectivity index (χ0v) is 12.1. The van der Waals surface area contributed by atoms with E-state index in [2.05, 4.69) is 0 Å². The van der Waals surface area contributed by atoms with Crippen molar-refractivity contribution >= 4 is 10.8 Å². The number of aryl methyl sites for hydroxylation is 1. The maximum atomic E-state index is 12.6. The highest BCUT2D eigenvalue weighted by Crippen LogP contribution is 2.21. The van der Waals surface area contributed by atoms with Crippen LogP contribution in [0.25, 0.3) is 0 Å². The molecule has 0 radical (unpaired) electrons. The first-order valence-corrected chi connectivity index (χ1v) is 7.42. The van der Waals surface area contributed by atoms with Gasteiger partial charge in [0, 0.05) is 16.9 Å². The Morgan fingerprint density at radius 1 is 1.05 bits per heavy atom. The molecule has 0 aliphatic rings. The van der Waals surface area contributed by atoms with Crippen molar-refractivity contribution in [1.29, 1.82) is 0 Å². The lowest BCUT2D eigenvalue weighted by Gasteiger charge is -2.09. The van der Waals surface area contributed by atoms with E-state index in [-0.39, 0.29) is 0 Å². The van der Waals surface area contributed by atoms with Gasteiger partial charge in [0.2, 0.25) is 0 Å². The number of rotatable bonds is 5. The largest absolute Gasteiger partial charge is 0.384 e. The van der Waals surface area contributed by atoms with E-state index >= 15 is 0 Å². The zero-order chi connectivity index (χ0) is 13.7. The second-order valence-corrected chi connectivity index (χ2v) is 5.88. The summed E-state index contributed by atoms with van der Waals surface area (Å²) in [5.74, 6) is 0. The zero-order valence-electron chi connectivity index (χ0n) is 11.3. The van der Waals surface area contributed by atoms with Crippen LogP contribution in [0.1, 0.15) is 11.1 Å². The number of benzene rings is 2. The monoisotopic (exact) mass is 274 g/mol. The Kier molecular flexibility index (Phi) is 4.88. The topological polar surface area (TPSA) is 26.3 Å². The van der Waals surface area contributed by atoms with Crippen LogP contribution in [-0.2, 0) is 22.0 Å². The smallest absolute Gasteiger partial charge is 0.0852 e. The number of ether oxygens (including phenoxy) is 1. The summed E-state index contributed by atoms with van der Waals surface area (Å²) in [6, 6.07) is 15.7. The highest BCUT2D eigenvalue weighted by atomic mass is 32.2. The SMILES string of the molecule is COCCc1ccccc1[S@@](=O)c1ccc(C)cc1. The summed E-state index contributed by atoms with van der Waals surface area (Å²) in [6.45, 7) is 2.67. The number of hydrogen-bond acceptors (Lipinski definition) is 2. The molecule has 2 aromatic rings. The molecule has 0 aromatic heterocycles. The normalized spacial score (nSPS) is 12.3. The second kappa shape index (κ2) is 6.64. The highest BCUT2D eigenvalue weighted by Gasteiger charge is 2.11. The van der Waals surface area contributed by atoms with Crippen molar-refractivity contribution in [1.82, 2.24) is 0 Å². The third-order valence-corrected chi connectivity index (χ3v) is 4.48. The quantitative estimate of drug-likeness (QED) is 0.836. The predicted molar refractivity (Wildman–Crippen MR) is 77.9 cm³/mol. The van der Waals surface area contributed by atoms with Gasteiger partial charge in [0.05, 0.1) is 17.4 Å². The van der Waals surface area contributed by atoms with Crippen LogP contribution in [-0.4, -0.2) is 17.9 Å². The van der Waals surface area contributed by atoms with Crippen LogP contribution in [0.2, 0.25) is 0 Å². The van der Waals surface area contributed by atoms with Crippen molar-refractivity contribution < 1.29 is 8.95 Å². The number of methoxy groups -OCH3 is 1. The van der Waals surface area contributed by atoms with Crippen molar-refractivity contribution in [3.05, 3.63) is 59.7 Å². The fraction of sp³-hybridized carbons (Fsp3) is 0.250. The lowest BCUT2D eigenvalue weighted by Crippen LogP contribution is -2.02. The van der Waals surface area contributed by atoms with E-state index in [1.165, 1.54) is 5.56 Å². The molecule has 3 heteroatoms. The van der Waals surface area contributed by atoms with E-state index < -0.39 is 10.8 Å². The molecule has 0 spiro atoms. The van der Waals surface area contributed by atoms with Crippen LogP contribution in [0, 0.1) is 6.92 Å². The van der Waals surface area contributed by atoms with Crippen LogP contribution in [0.5, 0.6) is 0 Å². The van der Waals surface area contributed by atoms with Crippen molar-refractivity contribution in [3.63, 3.8) is 0 Å². The van der Waals surface area contributed by atoms with E-state index in [1.807, 2.05) is 55.5 Å². The van der Waals surface area contributed by atoms with Crippen molar-refractivity contribution in [2.45, 2.75) is 23.1 Å². The number of hydrogen-bond donors (Lipinski definition) is 0. The van der Waals surface area contributed by atoms with Crippen LogP contribution >= 0.6 is 0 Å². The average molecular weight is 274 g/mol. The van der Waals surface area contributed by atoms with Crippen LogP contribution in [0.4, 0.5) is 0 Å². The van der Waals surface area contributed by atoms with Gasteiger partial charge in [0.15, 0.2) is 0 Å². The summed E-state index contributed by atoms with van der Waals surface area (Å²) in [4.78, 5) is 1.72. The standard InChI is InChI=1S/C16H18O2S/c1-13-7-9-15(10-8-13)19(17)16-6-4-3-5-14(16)11-12-18-2/h3-10H,11-12H2,1-2H3/t19-/m0/s1. The van der Waals surface area contributed by atoms with Gasteiger partial charge in [-0.1, -0.05) is 35.9 Å². The third-order valence-electron chi connectivity index (χ3n) is 2.98. The van der Waals surface area contributed by atoms with Crippen LogP contribution in [0.15, 0.2) is 58.3 Å². The maximum absolute atomic E-state index is 12.6. The fourth-order valence-corrected chi connectivity index (χ4v) is 3.14. The van der Waals surface area contributed by atoms with Gasteiger partial charge in [0.1, 0.15) is 0 Å². The molecule has 0 unspecified atom stereocenters. The Balaban J connectivity index is 2.30. The Morgan fingerprint density at radius 2 is 1.74 bits per heavy atom.